The number of hydrogen-bond donors (Lipinski definition) is 2. The van der Waals surface area contributed by atoms with Crippen molar-refractivity contribution in [2.24, 2.45) is 0 Å². The minimum Gasteiger partial charge on any atom is -0.423 e. The van der Waals surface area contributed by atoms with E-state index in [1.807, 2.05) is 0 Å². The summed E-state index contributed by atoms with van der Waals surface area (Å²) in [7, 11) is -1.45. The third-order valence-corrected chi connectivity index (χ3v) is 2.22. The molecule has 70 valence electrons. The van der Waals surface area contributed by atoms with Crippen molar-refractivity contribution in [2.75, 3.05) is 0 Å². The Hall–Kier alpha value is -1.10. The predicted molar refractivity (Wildman–Crippen MR) is 56.6 cm³/mol. The summed E-state index contributed by atoms with van der Waals surface area (Å²) in [6, 6.07) is 6.81. The Labute approximate surface area is 86.1 Å². The molecule has 5 heteroatoms. The molecule has 3 nitrogen and oxygen atoms in total. The minimum absolute atomic E-state index is 0.426. The van der Waals surface area contributed by atoms with E-state index in [4.69, 9.17) is 21.6 Å². The highest BCUT2D eigenvalue weighted by atomic mass is 35.5. The van der Waals surface area contributed by atoms with Gasteiger partial charge in [-0.25, -0.2) is 4.98 Å². The summed E-state index contributed by atoms with van der Waals surface area (Å²) in [5.74, 6) is 0. The van der Waals surface area contributed by atoms with Crippen LogP contribution >= 0.6 is 11.6 Å². The third-order valence-electron chi connectivity index (χ3n) is 2.01. The molecule has 1 heterocycles. The average Bonchev–Trinajstić information content (AvgIpc) is 2.16. The van der Waals surface area contributed by atoms with Gasteiger partial charge in [-0.15, -0.1) is 0 Å². The van der Waals surface area contributed by atoms with Crippen LogP contribution in [0.3, 0.4) is 0 Å². The van der Waals surface area contributed by atoms with Crippen LogP contribution in [-0.2, 0) is 0 Å². The summed E-state index contributed by atoms with van der Waals surface area (Å²) >= 11 is 5.71. The molecule has 0 saturated heterocycles. The monoisotopic (exact) mass is 207 g/mol. The molecule has 0 aliphatic rings. The molecular weight excluding hydrogens is 200 g/mol. The van der Waals surface area contributed by atoms with Gasteiger partial charge in [0.1, 0.15) is 5.15 Å². The summed E-state index contributed by atoms with van der Waals surface area (Å²) in [5.41, 5.74) is 0.446. The van der Waals surface area contributed by atoms with Crippen LogP contribution in [0.5, 0.6) is 0 Å². The highest BCUT2D eigenvalue weighted by molar-refractivity contribution is 6.58. The lowest BCUT2D eigenvalue weighted by Gasteiger charge is -2.02. The molecule has 0 aliphatic heterocycles. The van der Waals surface area contributed by atoms with Crippen molar-refractivity contribution in [1.29, 1.82) is 0 Å². The van der Waals surface area contributed by atoms with E-state index in [2.05, 4.69) is 4.98 Å². The Kier molecular flexibility index (Phi) is 2.41. The smallest absolute Gasteiger partial charge is 0.423 e. The van der Waals surface area contributed by atoms with Crippen molar-refractivity contribution in [1.82, 2.24) is 4.98 Å². The Balaban J connectivity index is 2.62. The zero-order chi connectivity index (χ0) is 10.1. The van der Waals surface area contributed by atoms with Crippen molar-refractivity contribution in [3.05, 3.63) is 35.6 Å². The van der Waals surface area contributed by atoms with Gasteiger partial charge in [0, 0.05) is 6.20 Å². The van der Waals surface area contributed by atoms with E-state index >= 15 is 0 Å². The van der Waals surface area contributed by atoms with Gasteiger partial charge < -0.3 is 10.0 Å². The maximum absolute atomic E-state index is 8.95. The molecular formula is C9H7BClNO2. The second-order valence-electron chi connectivity index (χ2n) is 2.99. The highest BCUT2D eigenvalue weighted by Crippen LogP contribution is 2.15. The largest absolute Gasteiger partial charge is 0.488 e. The summed E-state index contributed by atoms with van der Waals surface area (Å²) in [5, 5.41) is 20.1. The molecule has 0 saturated carbocycles. The molecule has 2 N–H and O–H groups in total. The Morgan fingerprint density at radius 1 is 1.14 bits per heavy atom. The number of rotatable bonds is 1. The zero-order valence-electron chi connectivity index (χ0n) is 7.18. The molecule has 1 aromatic heterocycles. The second kappa shape index (κ2) is 3.57. The lowest BCUT2D eigenvalue weighted by molar-refractivity contribution is 0.426. The lowest BCUT2D eigenvalue weighted by Crippen LogP contribution is -2.29. The fourth-order valence-corrected chi connectivity index (χ4v) is 1.46. The van der Waals surface area contributed by atoms with Crippen LogP contribution in [0.15, 0.2) is 30.5 Å². The lowest BCUT2D eigenvalue weighted by atomic mass is 9.79. The van der Waals surface area contributed by atoms with E-state index in [1.54, 1.807) is 30.5 Å². The van der Waals surface area contributed by atoms with Crippen molar-refractivity contribution < 1.29 is 10.0 Å². The second-order valence-corrected chi connectivity index (χ2v) is 3.37. The van der Waals surface area contributed by atoms with E-state index in [9.17, 15) is 0 Å². The predicted octanol–water partition coefficient (Wildman–Crippen LogP) is 0.568. The van der Waals surface area contributed by atoms with Crippen LogP contribution in [0.1, 0.15) is 0 Å². The normalized spacial score (nSPS) is 10.5. The van der Waals surface area contributed by atoms with Crippen LogP contribution < -0.4 is 5.46 Å². The molecule has 2 rings (SSSR count). The van der Waals surface area contributed by atoms with Crippen LogP contribution in [0.4, 0.5) is 0 Å². The highest BCUT2D eigenvalue weighted by Gasteiger charge is 2.10. The topological polar surface area (TPSA) is 53.4 Å². The number of aromatic nitrogens is 1. The standard InChI is InChI=1S/C9H7BClNO2/c11-9-4-6-1-2-8(10(13)14)3-7(6)5-12-9/h1-5,13-14H. The number of hydrogen-bond acceptors (Lipinski definition) is 3. The van der Waals surface area contributed by atoms with E-state index in [0.29, 0.717) is 10.6 Å². The van der Waals surface area contributed by atoms with E-state index in [0.717, 1.165) is 10.8 Å². The maximum atomic E-state index is 8.95. The average molecular weight is 207 g/mol. The van der Waals surface area contributed by atoms with Crippen LogP contribution in [-0.4, -0.2) is 22.2 Å². The first-order valence-corrected chi connectivity index (χ1v) is 4.46. The fraction of sp³-hybridized carbons (Fsp3) is 0. The first-order valence-electron chi connectivity index (χ1n) is 4.08. The van der Waals surface area contributed by atoms with Crippen molar-refractivity contribution in [3.8, 4) is 0 Å². The molecule has 0 spiro atoms. The van der Waals surface area contributed by atoms with Crippen LogP contribution in [0.25, 0.3) is 10.8 Å². The molecule has 0 unspecified atom stereocenters. The molecule has 0 aliphatic carbocycles. The van der Waals surface area contributed by atoms with Gasteiger partial charge in [-0.05, 0) is 22.3 Å². The summed E-state index contributed by atoms with van der Waals surface area (Å²) in [4.78, 5) is 3.91. The Bertz CT molecular complexity index is 475. The molecule has 0 bridgehead atoms. The molecule has 0 amide bonds. The number of halogens is 1. The number of nitrogens with zero attached hydrogens (tertiary/aromatic N) is 1. The van der Waals surface area contributed by atoms with Crippen LogP contribution in [0.2, 0.25) is 5.15 Å². The first-order chi connectivity index (χ1) is 6.66. The minimum atomic E-state index is -1.45. The van der Waals surface area contributed by atoms with Crippen LogP contribution in [0, 0.1) is 0 Å². The molecule has 0 atom stereocenters. The van der Waals surface area contributed by atoms with Gasteiger partial charge in [-0.3, -0.25) is 0 Å². The first kappa shape index (κ1) is 9.46. The molecule has 0 radical (unpaired) electrons. The summed E-state index contributed by atoms with van der Waals surface area (Å²) in [6.45, 7) is 0. The Morgan fingerprint density at radius 2 is 1.93 bits per heavy atom. The van der Waals surface area contributed by atoms with Gasteiger partial charge in [0.15, 0.2) is 0 Å². The number of benzene rings is 1. The maximum Gasteiger partial charge on any atom is 0.488 e. The van der Waals surface area contributed by atoms with Crippen molar-refractivity contribution in [2.45, 2.75) is 0 Å². The fourth-order valence-electron chi connectivity index (χ4n) is 1.29. The van der Waals surface area contributed by atoms with Crippen molar-refractivity contribution in [3.63, 3.8) is 0 Å². The number of pyridine rings is 1. The molecule has 14 heavy (non-hydrogen) atoms. The van der Waals surface area contributed by atoms with Gasteiger partial charge in [-0.1, -0.05) is 29.8 Å². The molecule has 0 fully saturated rings. The SMILES string of the molecule is OB(O)c1ccc2cc(Cl)ncc2c1. The molecule has 1 aromatic carbocycles. The van der Waals surface area contributed by atoms with Gasteiger partial charge in [-0.2, -0.15) is 0 Å². The van der Waals surface area contributed by atoms with Crippen molar-refractivity contribution >= 4 is 35.0 Å². The number of fused-ring (bicyclic) bond motifs is 1. The third kappa shape index (κ3) is 1.72. The van der Waals surface area contributed by atoms with E-state index in [-0.39, 0.29) is 0 Å². The van der Waals surface area contributed by atoms with E-state index in [1.165, 1.54) is 0 Å². The van der Waals surface area contributed by atoms with Gasteiger partial charge in [0.25, 0.3) is 0 Å². The Morgan fingerprint density at radius 3 is 2.64 bits per heavy atom. The van der Waals surface area contributed by atoms with Gasteiger partial charge in [0.2, 0.25) is 0 Å². The van der Waals surface area contributed by atoms with Gasteiger partial charge in [0.05, 0.1) is 0 Å². The zero-order valence-corrected chi connectivity index (χ0v) is 7.94. The van der Waals surface area contributed by atoms with Gasteiger partial charge >= 0.3 is 7.12 Å². The quantitative estimate of drug-likeness (QED) is 0.531. The summed E-state index contributed by atoms with van der Waals surface area (Å²) < 4.78 is 0. The summed E-state index contributed by atoms with van der Waals surface area (Å²) in [6.07, 6.45) is 1.60. The molecule has 2 aromatic rings. The van der Waals surface area contributed by atoms with E-state index < -0.39 is 7.12 Å².